The molecule has 0 atom stereocenters. The third-order valence-corrected chi connectivity index (χ3v) is 5.70. The Kier molecular flexibility index (Phi) is 5.65. The molecule has 2 aromatic rings. The van der Waals surface area contributed by atoms with Crippen LogP contribution in [0, 0.1) is 12.8 Å². The van der Waals surface area contributed by atoms with Gasteiger partial charge in [-0.2, -0.15) is 0 Å². The molecule has 29 heavy (non-hydrogen) atoms. The molecule has 0 radical (unpaired) electrons. The van der Waals surface area contributed by atoms with Crippen molar-refractivity contribution in [2.24, 2.45) is 5.92 Å². The average molecular weight is 399 g/mol. The number of likely N-dealkylation sites (tertiary alicyclic amines) is 1. The monoisotopic (exact) mass is 399 g/mol. The first-order valence-electron chi connectivity index (χ1n) is 10.3. The van der Waals surface area contributed by atoms with Crippen LogP contribution in [0.25, 0.3) is 0 Å². The van der Waals surface area contributed by atoms with Crippen LogP contribution in [0.1, 0.15) is 47.8 Å². The van der Waals surface area contributed by atoms with Crippen LogP contribution in [0.3, 0.4) is 0 Å². The number of nitrogens with zero attached hydrogens (tertiary/aromatic N) is 2. The number of benzene rings is 1. The van der Waals surface area contributed by atoms with Crippen LogP contribution in [0.4, 0.5) is 5.69 Å². The number of hydrogen-bond acceptors (Lipinski definition) is 6. The van der Waals surface area contributed by atoms with Gasteiger partial charge in [-0.1, -0.05) is 0 Å². The van der Waals surface area contributed by atoms with Gasteiger partial charge < -0.3 is 24.1 Å². The van der Waals surface area contributed by atoms with Crippen LogP contribution >= 0.6 is 0 Å². The number of hydrogen-bond donors (Lipinski definition) is 1. The lowest BCUT2D eigenvalue weighted by Gasteiger charge is -2.32. The van der Waals surface area contributed by atoms with E-state index in [2.05, 4.69) is 10.3 Å². The first-order valence-corrected chi connectivity index (χ1v) is 10.3. The molecule has 1 amide bonds. The van der Waals surface area contributed by atoms with Crippen LogP contribution in [-0.4, -0.2) is 49.1 Å². The van der Waals surface area contributed by atoms with Gasteiger partial charge in [-0.3, -0.25) is 4.79 Å². The van der Waals surface area contributed by atoms with Crippen molar-refractivity contribution < 1.29 is 18.7 Å². The largest absolute Gasteiger partial charge is 0.497 e. The normalized spacial score (nSPS) is 17.3. The Morgan fingerprint density at radius 2 is 1.79 bits per heavy atom. The summed E-state index contributed by atoms with van der Waals surface area (Å²) in [6.45, 7) is 3.24. The van der Waals surface area contributed by atoms with Crippen molar-refractivity contribution in [3.63, 3.8) is 0 Å². The minimum absolute atomic E-state index is 0.0430. The standard InChI is InChI=1S/C22H29N3O4/c1-14-21(29-20(23-14)10-15-4-5-15)22(26)25-8-6-16(7-9-25)24-17-11-18(27-2)13-19(12-17)28-3/h11-13,15-16,24H,4-10H2,1-3H3. The van der Waals surface area contributed by atoms with Gasteiger partial charge in [0.15, 0.2) is 5.89 Å². The number of nitrogens with one attached hydrogen (secondary N) is 1. The Morgan fingerprint density at radius 3 is 2.38 bits per heavy atom. The summed E-state index contributed by atoms with van der Waals surface area (Å²) >= 11 is 0. The first-order chi connectivity index (χ1) is 14.1. The molecule has 2 fully saturated rings. The van der Waals surface area contributed by atoms with E-state index in [4.69, 9.17) is 13.9 Å². The van der Waals surface area contributed by atoms with Crippen LogP contribution in [0.15, 0.2) is 22.6 Å². The fraction of sp³-hybridized carbons (Fsp3) is 0.545. The van der Waals surface area contributed by atoms with Gasteiger partial charge in [0.1, 0.15) is 11.5 Å². The Hall–Kier alpha value is -2.70. The van der Waals surface area contributed by atoms with Crippen molar-refractivity contribution in [1.82, 2.24) is 9.88 Å². The van der Waals surface area contributed by atoms with Crippen LogP contribution in [0.2, 0.25) is 0 Å². The number of carbonyl (C=O) groups is 1. The first kappa shape index (κ1) is 19.6. The summed E-state index contributed by atoms with van der Waals surface area (Å²) < 4.78 is 16.5. The van der Waals surface area contributed by atoms with Crippen molar-refractivity contribution in [3.05, 3.63) is 35.5 Å². The number of carbonyl (C=O) groups excluding carboxylic acids is 1. The quantitative estimate of drug-likeness (QED) is 0.766. The van der Waals surface area contributed by atoms with Crippen molar-refractivity contribution in [3.8, 4) is 11.5 Å². The van der Waals surface area contributed by atoms with Crippen molar-refractivity contribution in [2.75, 3.05) is 32.6 Å². The summed E-state index contributed by atoms with van der Waals surface area (Å²) in [5.41, 5.74) is 1.66. The van der Waals surface area contributed by atoms with E-state index in [0.29, 0.717) is 36.4 Å². The Labute approximate surface area is 171 Å². The van der Waals surface area contributed by atoms with Crippen LogP contribution in [-0.2, 0) is 6.42 Å². The smallest absolute Gasteiger partial charge is 0.291 e. The molecule has 4 rings (SSSR count). The zero-order valence-corrected chi connectivity index (χ0v) is 17.4. The minimum Gasteiger partial charge on any atom is -0.497 e. The molecule has 1 saturated heterocycles. The predicted molar refractivity (Wildman–Crippen MR) is 110 cm³/mol. The molecule has 1 aliphatic heterocycles. The van der Waals surface area contributed by atoms with E-state index >= 15 is 0 Å². The highest BCUT2D eigenvalue weighted by atomic mass is 16.5. The van der Waals surface area contributed by atoms with E-state index in [9.17, 15) is 4.79 Å². The molecule has 7 heteroatoms. The van der Waals surface area contributed by atoms with Gasteiger partial charge in [0.2, 0.25) is 5.76 Å². The molecule has 1 saturated carbocycles. The van der Waals surface area contributed by atoms with Gasteiger partial charge >= 0.3 is 0 Å². The fourth-order valence-electron chi connectivity index (χ4n) is 3.80. The SMILES string of the molecule is COc1cc(NC2CCN(C(=O)c3oc(CC4CC4)nc3C)CC2)cc(OC)c1. The lowest BCUT2D eigenvalue weighted by molar-refractivity contribution is 0.0683. The van der Waals surface area contributed by atoms with E-state index in [1.54, 1.807) is 14.2 Å². The molecular formula is C22H29N3O4. The number of aryl methyl sites for hydroxylation is 1. The number of ether oxygens (including phenoxy) is 2. The molecule has 1 aromatic heterocycles. The van der Waals surface area contributed by atoms with Gasteiger partial charge in [0.05, 0.1) is 19.9 Å². The Balaban J connectivity index is 1.34. The summed E-state index contributed by atoms with van der Waals surface area (Å²) in [6, 6.07) is 6.06. The molecule has 2 heterocycles. The Bertz CT molecular complexity index is 845. The van der Waals surface area contributed by atoms with Gasteiger partial charge in [-0.25, -0.2) is 4.98 Å². The predicted octanol–water partition coefficient (Wildman–Crippen LogP) is 3.67. The second kappa shape index (κ2) is 8.35. The summed E-state index contributed by atoms with van der Waals surface area (Å²) in [5, 5.41) is 3.54. The molecule has 1 aliphatic carbocycles. The topological polar surface area (TPSA) is 76.8 Å². The second-order valence-corrected chi connectivity index (χ2v) is 7.98. The number of rotatable bonds is 7. The van der Waals surface area contributed by atoms with Crippen molar-refractivity contribution >= 4 is 11.6 Å². The molecule has 2 aliphatic rings. The summed E-state index contributed by atoms with van der Waals surface area (Å²) in [6.07, 6.45) is 5.07. The molecule has 0 unspecified atom stereocenters. The number of anilines is 1. The molecule has 0 bridgehead atoms. The molecule has 156 valence electrons. The van der Waals surface area contributed by atoms with Gasteiger partial charge in [0, 0.05) is 49.4 Å². The molecule has 7 nitrogen and oxygen atoms in total. The van der Waals surface area contributed by atoms with Gasteiger partial charge in [-0.05, 0) is 38.5 Å². The van der Waals surface area contributed by atoms with Crippen LogP contribution < -0.4 is 14.8 Å². The van der Waals surface area contributed by atoms with Gasteiger partial charge in [-0.15, -0.1) is 0 Å². The third-order valence-electron chi connectivity index (χ3n) is 5.70. The number of amides is 1. The van der Waals surface area contributed by atoms with Crippen molar-refractivity contribution in [1.29, 1.82) is 0 Å². The molecule has 1 aromatic carbocycles. The number of aromatic nitrogens is 1. The van der Waals surface area contributed by atoms with E-state index in [-0.39, 0.29) is 11.9 Å². The maximum Gasteiger partial charge on any atom is 0.291 e. The van der Waals surface area contributed by atoms with Crippen LogP contribution in [0.5, 0.6) is 11.5 Å². The number of oxazole rings is 1. The molecular weight excluding hydrogens is 370 g/mol. The zero-order chi connectivity index (χ0) is 20.4. The minimum atomic E-state index is -0.0430. The highest BCUT2D eigenvalue weighted by molar-refractivity contribution is 5.92. The van der Waals surface area contributed by atoms with E-state index < -0.39 is 0 Å². The summed E-state index contributed by atoms with van der Waals surface area (Å²) in [4.78, 5) is 19.2. The lowest BCUT2D eigenvalue weighted by atomic mass is 10.0. The van der Waals surface area contributed by atoms with E-state index in [1.807, 2.05) is 30.0 Å². The van der Waals surface area contributed by atoms with Crippen molar-refractivity contribution in [2.45, 2.75) is 45.1 Å². The number of piperidine rings is 1. The highest BCUT2D eigenvalue weighted by Crippen LogP contribution is 2.33. The lowest BCUT2D eigenvalue weighted by Crippen LogP contribution is -2.42. The van der Waals surface area contributed by atoms with E-state index in [0.717, 1.165) is 36.4 Å². The maximum absolute atomic E-state index is 12.9. The third kappa shape index (κ3) is 4.66. The Morgan fingerprint density at radius 1 is 1.14 bits per heavy atom. The maximum atomic E-state index is 12.9. The molecule has 1 N–H and O–H groups in total. The second-order valence-electron chi connectivity index (χ2n) is 7.98. The fourth-order valence-corrected chi connectivity index (χ4v) is 3.80. The van der Waals surface area contributed by atoms with E-state index in [1.165, 1.54) is 12.8 Å². The summed E-state index contributed by atoms with van der Waals surface area (Å²) in [7, 11) is 3.29. The highest BCUT2D eigenvalue weighted by Gasteiger charge is 2.29. The molecule has 0 spiro atoms. The summed E-state index contributed by atoms with van der Waals surface area (Å²) in [5.74, 6) is 3.26. The van der Waals surface area contributed by atoms with Gasteiger partial charge in [0.25, 0.3) is 5.91 Å². The average Bonchev–Trinajstić information content (AvgIpc) is 3.47. The zero-order valence-electron chi connectivity index (χ0n) is 17.4. The number of methoxy groups -OCH3 is 2.